The predicted molar refractivity (Wildman–Crippen MR) is 144 cm³/mol. The van der Waals surface area contributed by atoms with Gasteiger partial charge in [-0.2, -0.15) is 5.21 Å². The van der Waals surface area contributed by atoms with Crippen LogP contribution in [0, 0.1) is 11.3 Å². The zero-order valence-corrected chi connectivity index (χ0v) is 23.0. The van der Waals surface area contributed by atoms with Gasteiger partial charge in [0, 0.05) is 12.1 Å². The molecule has 2 unspecified atom stereocenters. The largest absolute Gasteiger partial charge is 0.573 e. The lowest BCUT2D eigenvalue weighted by Crippen LogP contribution is -2.50. The summed E-state index contributed by atoms with van der Waals surface area (Å²) in [5, 5.41) is 15.5. The number of nitrogens with zero attached hydrogens (tertiary/aromatic N) is 5. The summed E-state index contributed by atoms with van der Waals surface area (Å²) in [6.07, 6.45) is -0.109. The number of urea groups is 1. The van der Waals surface area contributed by atoms with Crippen LogP contribution in [0.5, 0.6) is 5.75 Å². The molecule has 1 aromatic heterocycles. The Labute approximate surface area is 238 Å². The van der Waals surface area contributed by atoms with Crippen LogP contribution in [0.1, 0.15) is 49.5 Å². The third kappa shape index (κ3) is 5.69. The molecule has 42 heavy (non-hydrogen) atoms. The van der Waals surface area contributed by atoms with Gasteiger partial charge in [0.1, 0.15) is 11.3 Å². The lowest BCUT2D eigenvalue weighted by molar-refractivity contribution is -0.274. The van der Waals surface area contributed by atoms with Gasteiger partial charge in [-0.05, 0) is 71.3 Å². The molecular weight excluding hydrogens is 555 g/mol. The quantitative estimate of drug-likeness (QED) is 0.306. The molecule has 2 aliphatic rings. The standard InChI is InChI=1S/C28H28F3N7O4/c1-26(2,3)19-12-14-27(15-13-19)23(40)38(20-8-10-21(11-9-20)42-28(29,30)31)25(41)37(27)16-17-4-6-18(7-5-17)22(39)32-24-33-35-36-34-24/h4-12,14,19H,13,15-16H2,1-3H3,(H2,32,33,34,35,36,39). The number of imide groups is 1. The van der Waals surface area contributed by atoms with Crippen LogP contribution in [0.2, 0.25) is 0 Å². The Morgan fingerprint density at radius 1 is 1.10 bits per heavy atom. The molecule has 4 amide bonds. The van der Waals surface area contributed by atoms with E-state index in [1.54, 1.807) is 30.3 Å². The van der Waals surface area contributed by atoms with Crippen LogP contribution in [-0.2, 0) is 11.3 Å². The summed E-state index contributed by atoms with van der Waals surface area (Å²) < 4.78 is 41.9. The number of nitrogens with one attached hydrogen (secondary N) is 2. The molecule has 220 valence electrons. The zero-order valence-electron chi connectivity index (χ0n) is 23.0. The minimum Gasteiger partial charge on any atom is -0.406 e. The molecule has 1 aliphatic heterocycles. The number of amides is 4. The van der Waals surface area contributed by atoms with Gasteiger partial charge < -0.3 is 9.64 Å². The number of halogens is 3. The van der Waals surface area contributed by atoms with Crippen molar-refractivity contribution in [2.75, 3.05) is 10.2 Å². The Morgan fingerprint density at radius 3 is 2.33 bits per heavy atom. The highest BCUT2D eigenvalue weighted by Gasteiger charge is 2.57. The average Bonchev–Trinajstić information content (AvgIpc) is 3.50. The molecule has 1 spiro atoms. The van der Waals surface area contributed by atoms with E-state index in [9.17, 15) is 27.6 Å². The Kier molecular flexibility index (Phi) is 7.25. The second-order valence-corrected chi connectivity index (χ2v) is 11.2. The first-order valence-corrected chi connectivity index (χ1v) is 13.1. The highest BCUT2D eigenvalue weighted by molar-refractivity contribution is 6.24. The molecule has 1 aliphatic carbocycles. The molecular formula is C28H28F3N7O4. The van der Waals surface area contributed by atoms with Crippen LogP contribution >= 0.6 is 0 Å². The smallest absolute Gasteiger partial charge is 0.406 e. The van der Waals surface area contributed by atoms with E-state index in [-0.39, 0.29) is 29.5 Å². The zero-order chi connectivity index (χ0) is 30.3. The fourth-order valence-corrected chi connectivity index (χ4v) is 5.21. The minimum absolute atomic E-state index is 0.0166. The minimum atomic E-state index is -4.87. The fraction of sp³-hybridized carbons (Fsp3) is 0.357. The van der Waals surface area contributed by atoms with E-state index in [2.05, 4.69) is 51.4 Å². The Balaban J connectivity index is 1.43. The lowest BCUT2D eigenvalue weighted by Gasteiger charge is -2.40. The first-order valence-electron chi connectivity index (χ1n) is 13.1. The van der Waals surface area contributed by atoms with Crippen molar-refractivity contribution < 1.29 is 32.3 Å². The van der Waals surface area contributed by atoms with E-state index >= 15 is 0 Å². The molecule has 2 N–H and O–H groups in total. The molecule has 1 saturated heterocycles. The first kappa shape index (κ1) is 28.8. The number of hydrogen-bond donors (Lipinski definition) is 2. The molecule has 11 nitrogen and oxygen atoms in total. The van der Waals surface area contributed by atoms with Gasteiger partial charge in [0.15, 0.2) is 0 Å². The molecule has 2 aromatic carbocycles. The van der Waals surface area contributed by atoms with Crippen molar-refractivity contribution in [2.24, 2.45) is 11.3 Å². The molecule has 0 bridgehead atoms. The van der Waals surface area contributed by atoms with Crippen molar-refractivity contribution in [3.63, 3.8) is 0 Å². The Bertz CT molecular complexity index is 1500. The molecule has 0 saturated carbocycles. The first-order chi connectivity index (χ1) is 19.8. The van der Waals surface area contributed by atoms with Crippen LogP contribution in [-0.4, -0.2) is 55.3 Å². The third-order valence-corrected chi connectivity index (χ3v) is 7.49. The van der Waals surface area contributed by atoms with Gasteiger partial charge in [0.25, 0.3) is 17.8 Å². The number of benzene rings is 2. The second kappa shape index (κ2) is 10.6. The number of aromatic nitrogens is 4. The molecule has 14 heteroatoms. The van der Waals surface area contributed by atoms with Crippen LogP contribution in [0.3, 0.4) is 0 Å². The monoisotopic (exact) mass is 583 g/mol. The maximum atomic E-state index is 14.0. The number of hydrogen-bond acceptors (Lipinski definition) is 7. The van der Waals surface area contributed by atoms with E-state index in [1.807, 2.05) is 6.08 Å². The van der Waals surface area contributed by atoms with Crippen molar-refractivity contribution in [1.29, 1.82) is 0 Å². The molecule has 2 heterocycles. The third-order valence-electron chi connectivity index (χ3n) is 7.49. The number of aromatic amines is 1. The summed E-state index contributed by atoms with van der Waals surface area (Å²) in [5.41, 5.74) is -0.236. The number of H-pyrrole nitrogens is 1. The maximum absolute atomic E-state index is 14.0. The molecule has 1 fully saturated rings. The van der Waals surface area contributed by atoms with E-state index < -0.39 is 35.5 Å². The number of ether oxygens (including phenoxy) is 1. The van der Waals surface area contributed by atoms with E-state index in [4.69, 9.17) is 0 Å². The summed E-state index contributed by atoms with van der Waals surface area (Å²) in [6, 6.07) is 10.5. The highest BCUT2D eigenvalue weighted by Crippen LogP contribution is 2.45. The summed E-state index contributed by atoms with van der Waals surface area (Å²) >= 11 is 0. The van der Waals surface area contributed by atoms with Gasteiger partial charge in [0.2, 0.25) is 0 Å². The van der Waals surface area contributed by atoms with Crippen LogP contribution < -0.4 is 15.0 Å². The Hall–Kier alpha value is -4.75. The number of anilines is 2. The van der Waals surface area contributed by atoms with Gasteiger partial charge in [0.05, 0.1) is 5.69 Å². The fourth-order valence-electron chi connectivity index (χ4n) is 5.21. The number of allylic oxidation sites excluding steroid dienone is 1. The van der Waals surface area contributed by atoms with E-state index in [0.29, 0.717) is 24.0 Å². The Morgan fingerprint density at radius 2 is 1.79 bits per heavy atom. The predicted octanol–water partition coefficient (Wildman–Crippen LogP) is 5.07. The molecule has 2 atom stereocenters. The van der Waals surface area contributed by atoms with Crippen molar-refractivity contribution >= 4 is 29.5 Å². The summed E-state index contributed by atoms with van der Waals surface area (Å²) in [6.45, 7) is 6.36. The number of carbonyl (C=O) groups is 3. The van der Waals surface area contributed by atoms with Gasteiger partial charge in [-0.15, -0.1) is 18.3 Å². The normalized spacial score (nSPS) is 20.9. The highest BCUT2D eigenvalue weighted by atomic mass is 19.4. The second-order valence-electron chi connectivity index (χ2n) is 11.2. The molecule has 5 rings (SSSR count). The summed E-state index contributed by atoms with van der Waals surface area (Å²) in [7, 11) is 0. The van der Waals surface area contributed by atoms with Crippen molar-refractivity contribution in [2.45, 2.75) is 52.1 Å². The van der Waals surface area contributed by atoms with E-state index in [0.717, 1.165) is 17.0 Å². The van der Waals surface area contributed by atoms with Crippen molar-refractivity contribution in [1.82, 2.24) is 25.5 Å². The SMILES string of the molecule is CC(C)(C)C1C=CC2(CC1)C(=O)N(c1ccc(OC(F)(F)F)cc1)C(=O)N2Cc1ccc(C(=O)Nc2nn[nH]n2)cc1. The number of tetrazole rings is 1. The summed E-state index contributed by atoms with van der Waals surface area (Å²) in [5.74, 6) is -1.22. The average molecular weight is 584 g/mol. The van der Waals surface area contributed by atoms with E-state index in [1.165, 1.54) is 17.0 Å². The van der Waals surface area contributed by atoms with Gasteiger partial charge in [-0.1, -0.05) is 50.2 Å². The number of rotatable bonds is 6. The number of carbonyl (C=O) groups excluding carboxylic acids is 3. The maximum Gasteiger partial charge on any atom is 0.573 e. The lowest BCUT2D eigenvalue weighted by atomic mass is 9.71. The molecule has 3 aromatic rings. The van der Waals surface area contributed by atoms with Crippen LogP contribution in [0.4, 0.5) is 29.6 Å². The van der Waals surface area contributed by atoms with Crippen molar-refractivity contribution in [3.8, 4) is 5.75 Å². The summed E-state index contributed by atoms with van der Waals surface area (Å²) in [4.78, 5) is 42.8. The van der Waals surface area contributed by atoms with Crippen LogP contribution in [0.25, 0.3) is 0 Å². The van der Waals surface area contributed by atoms with Crippen molar-refractivity contribution in [3.05, 3.63) is 71.8 Å². The molecule has 0 radical (unpaired) electrons. The van der Waals surface area contributed by atoms with Gasteiger partial charge in [-0.3, -0.25) is 14.9 Å². The van der Waals surface area contributed by atoms with Gasteiger partial charge >= 0.3 is 12.4 Å². The van der Waals surface area contributed by atoms with Crippen LogP contribution in [0.15, 0.2) is 60.7 Å². The number of alkyl halides is 3. The topological polar surface area (TPSA) is 133 Å². The van der Waals surface area contributed by atoms with Gasteiger partial charge in [-0.25, -0.2) is 9.69 Å².